The summed E-state index contributed by atoms with van der Waals surface area (Å²) in [6, 6.07) is 8.40. The van der Waals surface area contributed by atoms with Crippen molar-refractivity contribution in [2.45, 2.75) is 26.8 Å². The highest BCUT2D eigenvalue weighted by Crippen LogP contribution is 2.33. The van der Waals surface area contributed by atoms with Crippen LogP contribution in [0.1, 0.15) is 34.0 Å². The van der Waals surface area contributed by atoms with E-state index in [-0.39, 0.29) is 6.04 Å². The Bertz CT molecular complexity index is 608. The predicted octanol–water partition coefficient (Wildman–Crippen LogP) is 3.32. The molecular weight excluding hydrogens is 248 g/mol. The van der Waals surface area contributed by atoms with Crippen LogP contribution in [0.3, 0.4) is 0 Å². The first-order chi connectivity index (χ1) is 9.58. The molecule has 0 fully saturated rings. The summed E-state index contributed by atoms with van der Waals surface area (Å²) in [5, 5.41) is 3.34. The van der Waals surface area contributed by atoms with E-state index >= 15 is 0 Å². The number of ether oxygens (including phenoxy) is 1. The van der Waals surface area contributed by atoms with Gasteiger partial charge in [-0.1, -0.05) is 12.1 Å². The standard InChI is InChI=1S/C17H22N2O/c1-11-8-9-19-15(10-11)16(18-4)14-7-6-12(2)13(3)17(14)20-5/h6-10,16,18H,1-5H3. The molecule has 0 aliphatic heterocycles. The average molecular weight is 270 g/mol. The molecule has 1 aromatic carbocycles. The number of nitrogens with one attached hydrogen (secondary N) is 1. The first-order valence-electron chi connectivity index (χ1n) is 6.82. The van der Waals surface area contributed by atoms with Gasteiger partial charge in [0.05, 0.1) is 18.8 Å². The molecule has 1 atom stereocenters. The van der Waals surface area contributed by atoms with Crippen molar-refractivity contribution in [3.8, 4) is 5.75 Å². The molecule has 3 heteroatoms. The highest BCUT2D eigenvalue weighted by Gasteiger charge is 2.19. The van der Waals surface area contributed by atoms with Crippen LogP contribution in [0.25, 0.3) is 0 Å². The van der Waals surface area contributed by atoms with Gasteiger partial charge in [0, 0.05) is 11.8 Å². The van der Waals surface area contributed by atoms with Gasteiger partial charge in [0.2, 0.25) is 0 Å². The maximum atomic E-state index is 5.62. The molecule has 1 unspecified atom stereocenters. The quantitative estimate of drug-likeness (QED) is 0.925. The Morgan fingerprint density at radius 3 is 2.50 bits per heavy atom. The Morgan fingerprint density at radius 2 is 1.90 bits per heavy atom. The van der Waals surface area contributed by atoms with Gasteiger partial charge in [-0.05, 0) is 56.6 Å². The van der Waals surface area contributed by atoms with Gasteiger partial charge in [0.25, 0.3) is 0 Å². The normalized spacial score (nSPS) is 12.2. The summed E-state index contributed by atoms with van der Waals surface area (Å²) in [4.78, 5) is 4.50. The summed E-state index contributed by atoms with van der Waals surface area (Å²) in [6.07, 6.45) is 1.85. The van der Waals surface area contributed by atoms with E-state index in [1.54, 1.807) is 7.11 Å². The van der Waals surface area contributed by atoms with Crippen LogP contribution >= 0.6 is 0 Å². The second kappa shape index (κ2) is 6.06. The van der Waals surface area contributed by atoms with Gasteiger partial charge in [-0.25, -0.2) is 0 Å². The number of hydrogen-bond acceptors (Lipinski definition) is 3. The average Bonchev–Trinajstić information content (AvgIpc) is 2.44. The molecule has 0 aliphatic rings. The molecule has 20 heavy (non-hydrogen) atoms. The molecule has 0 bridgehead atoms. The van der Waals surface area contributed by atoms with Crippen molar-refractivity contribution in [1.82, 2.24) is 10.3 Å². The molecule has 0 radical (unpaired) electrons. The Hall–Kier alpha value is -1.87. The fourth-order valence-electron chi connectivity index (χ4n) is 2.49. The van der Waals surface area contributed by atoms with Gasteiger partial charge in [0.15, 0.2) is 0 Å². The van der Waals surface area contributed by atoms with E-state index in [0.29, 0.717) is 0 Å². The maximum absolute atomic E-state index is 5.62. The van der Waals surface area contributed by atoms with Crippen molar-refractivity contribution in [1.29, 1.82) is 0 Å². The van der Waals surface area contributed by atoms with Crippen molar-refractivity contribution in [3.05, 3.63) is 58.4 Å². The van der Waals surface area contributed by atoms with Crippen molar-refractivity contribution >= 4 is 0 Å². The molecule has 106 valence electrons. The maximum Gasteiger partial charge on any atom is 0.127 e. The minimum Gasteiger partial charge on any atom is -0.496 e. The third-order valence-electron chi connectivity index (χ3n) is 3.74. The molecule has 0 saturated carbocycles. The smallest absolute Gasteiger partial charge is 0.127 e. The summed E-state index contributed by atoms with van der Waals surface area (Å²) in [5.41, 5.74) is 5.75. The summed E-state index contributed by atoms with van der Waals surface area (Å²) in [6.45, 7) is 6.27. The van der Waals surface area contributed by atoms with Crippen LogP contribution < -0.4 is 10.1 Å². The number of hydrogen-bond donors (Lipinski definition) is 1. The summed E-state index contributed by atoms with van der Waals surface area (Å²) < 4.78 is 5.62. The van der Waals surface area contributed by atoms with Crippen molar-refractivity contribution in [2.75, 3.05) is 14.2 Å². The number of aryl methyl sites for hydroxylation is 2. The molecule has 0 saturated heterocycles. The van der Waals surface area contributed by atoms with Crippen molar-refractivity contribution in [3.63, 3.8) is 0 Å². The highest BCUT2D eigenvalue weighted by molar-refractivity contribution is 5.49. The van der Waals surface area contributed by atoms with Crippen molar-refractivity contribution < 1.29 is 4.74 Å². The highest BCUT2D eigenvalue weighted by atomic mass is 16.5. The van der Waals surface area contributed by atoms with E-state index in [4.69, 9.17) is 4.74 Å². The number of methoxy groups -OCH3 is 1. The van der Waals surface area contributed by atoms with Crippen LogP contribution in [0.2, 0.25) is 0 Å². The van der Waals surface area contributed by atoms with E-state index in [1.807, 2.05) is 19.3 Å². The zero-order chi connectivity index (χ0) is 14.7. The summed E-state index contributed by atoms with van der Waals surface area (Å²) in [7, 11) is 3.67. The minimum atomic E-state index is 0.0316. The van der Waals surface area contributed by atoms with Gasteiger partial charge < -0.3 is 10.1 Å². The molecule has 0 spiro atoms. The van der Waals surface area contributed by atoms with E-state index in [0.717, 1.165) is 17.0 Å². The lowest BCUT2D eigenvalue weighted by atomic mass is 9.96. The molecular formula is C17H22N2O. The van der Waals surface area contributed by atoms with Gasteiger partial charge in [-0.3, -0.25) is 4.98 Å². The van der Waals surface area contributed by atoms with Gasteiger partial charge >= 0.3 is 0 Å². The fraction of sp³-hybridized carbons (Fsp3) is 0.353. The van der Waals surface area contributed by atoms with Crippen LogP contribution in [-0.4, -0.2) is 19.1 Å². The van der Waals surface area contributed by atoms with Crippen LogP contribution in [0, 0.1) is 20.8 Å². The SMILES string of the molecule is CNC(c1cc(C)ccn1)c1ccc(C)c(C)c1OC. The Morgan fingerprint density at radius 1 is 1.15 bits per heavy atom. The number of pyridine rings is 1. The Labute approximate surface area is 121 Å². The molecule has 1 N–H and O–H groups in total. The van der Waals surface area contributed by atoms with Crippen LogP contribution in [-0.2, 0) is 0 Å². The molecule has 0 aliphatic carbocycles. The van der Waals surface area contributed by atoms with Gasteiger partial charge in [-0.2, -0.15) is 0 Å². The lowest BCUT2D eigenvalue weighted by Gasteiger charge is -2.21. The van der Waals surface area contributed by atoms with Crippen LogP contribution in [0.15, 0.2) is 30.5 Å². The predicted molar refractivity (Wildman–Crippen MR) is 82.3 cm³/mol. The van der Waals surface area contributed by atoms with E-state index < -0.39 is 0 Å². The second-order valence-electron chi connectivity index (χ2n) is 5.11. The Kier molecular flexibility index (Phi) is 4.40. The number of aromatic nitrogens is 1. The molecule has 2 aromatic rings. The first-order valence-corrected chi connectivity index (χ1v) is 6.82. The largest absolute Gasteiger partial charge is 0.496 e. The first kappa shape index (κ1) is 14.5. The molecule has 2 rings (SSSR count). The molecule has 1 heterocycles. The minimum absolute atomic E-state index is 0.0316. The van der Waals surface area contributed by atoms with Gasteiger partial charge in [-0.15, -0.1) is 0 Å². The fourth-order valence-corrected chi connectivity index (χ4v) is 2.49. The lowest BCUT2D eigenvalue weighted by Crippen LogP contribution is -2.20. The second-order valence-corrected chi connectivity index (χ2v) is 5.11. The number of nitrogens with zero attached hydrogens (tertiary/aromatic N) is 1. The van der Waals surface area contributed by atoms with Crippen LogP contribution in [0.5, 0.6) is 5.75 Å². The number of benzene rings is 1. The van der Waals surface area contributed by atoms with Gasteiger partial charge in [0.1, 0.15) is 5.75 Å². The molecule has 3 nitrogen and oxygen atoms in total. The third-order valence-corrected chi connectivity index (χ3v) is 3.74. The monoisotopic (exact) mass is 270 g/mol. The zero-order valence-corrected chi connectivity index (χ0v) is 12.8. The number of rotatable bonds is 4. The Balaban J connectivity index is 2.55. The van der Waals surface area contributed by atoms with E-state index in [2.05, 4.69) is 49.3 Å². The van der Waals surface area contributed by atoms with E-state index in [9.17, 15) is 0 Å². The molecule has 1 aromatic heterocycles. The summed E-state index contributed by atoms with van der Waals surface area (Å²) in [5.74, 6) is 0.938. The van der Waals surface area contributed by atoms with Crippen LogP contribution in [0.4, 0.5) is 0 Å². The molecule has 0 amide bonds. The topological polar surface area (TPSA) is 34.2 Å². The third kappa shape index (κ3) is 2.68. The van der Waals surface area contributed by atoms with E-state index in [1.165, 1.54) is 16.7 Å². The van der Waals surface area contributed by atoms with Crippen molar-refractivity contribution in [2.24, 2.45) is 0 Å². The summed E-state index contributed by atoms with van der Waals surface area (Å²) >= 11 is 0. The zero-order valence-electron chi connectivity index (χ0n) is 12.8. The lowest BCUT2D eigenvalue weighted by molar-refractivity contribution is 0.401.